The van der Waals surface area contributed by atoms with Gasteiger partial charge in [0, 0.05) is 25.7 Å². The van der Waals surface area contributed by atoms with Crippen molar-refractivity contribution in [3.63, 3.8) is 0 Å². The summed E-state index contributed by atoms with van der Waals surface area (Å²) < 4.78 is 4.67. The second-order valence-corrected chi connectivity index (χ2v) is 6.62. The van der Waals surface area contributed by atoms with Gasteiger partial charge in [0.2, 0.25) is 0 Å². The SMILES string of the molecule is C=CCN1C(=O)c2ccc(C(=O)N(C)Cc3ccc(C(=O)OC)cc3)cc2C1=O. The van der Waals surface area contributed by atoms with E-state index in [0.717, 1.165) is 10.5 Å². The smallest absolute Gasteiger partial charge is 0.337 e. The Kier molecular flexibility index (Phi) is 5.59. The molecule has 0 atom stereocenters. The summed E-state index contributed by atoms with van der Waals surface area (Å²) >= 11 is 0. The molecule has 2 aromatic rings. The van der Waals surface area contributed by atoms with E-state index in [1.165, 1.54) is 30.2 Å². The zero-order valence-electron chi connectivity index (χ0n) is 16.2. The molecule has 3 amide bonds. The van der Waals surface area contributed by atoms with Gasteiger partial charge < -0.3 is 9.64 Å². The number of carbonyl (C=O) groups excluding carboxylic acids is 4. The minimum Gasteiger partial charge on any atom is -0.465 e. The maximum absolute atomic E-state index is 12.8. The molecule has 0 aliphatic carbocycles. The first kappa shape index (κ1) is 20.0. The predicted octanol–water partition coefficient (Wildman–Crippen LogP) is 2.53. The third kappa shape index (κ3) is 3.80. The molecular formula is C22H20N2O5. The number of fused-ring (bicyclic) bond motifs is 1. The van der Waals surface area contributed by atoms with Crippen LogP contribution in [0.5, 0.6) is 0 Å². The second kappa shape index (κ2) is 8.10. The molecule has 0 spiro atoms. The van der Waals surface area contributed by atoms with E-state index in [1.807, 2.05) is 0 Å². The molecule has 0 saturated heterocycles. The monoisotopic (exact) mass is 392 g/mol. The Labute approximate surface area is 168 Å². The lowest BCUT2D eigenvalue weighted by atomic mass is 10.0. The van der Waals surface area contributed by atoms with Gasteiger partial charge in [-0.2, -0.15) is 0 Å². The predicted molar refractivity (Wildman–Crippen MR) is 106 cm³/mol. The van der Waals surface area contributed by atoms with E-state index in [9.17, 15) is 19.2 Å². The number of nitrogens with zero attached hydrogens (tertiary/aromatic N) is 2. The van der Waals surface area contributed by atoms with Crippen molar-refractivity contribution >= 4 is 23.7 Å². The lowest BCUT2D eigenvalue weighted by molar-refractivity contribution is 0.0598. The molecule has 0 aromatic heterocycles. The van der Waals surface area contributed by atoms with E-state index in [4.69, 9.17) is 0 Å². The van der Waals surface area contributed by atoms with Gasteiger partial charge in [0.25, 0.3) is 17.7 Å². The highest BCUT2D eigenvalue weighted by Gasteiger charge is 2.35. The summed E-state index contributed by atoms with van der Waals surface area (Å²) in [5.41, 5.74) is 2.08. The Bertz CT molecular complexity index is 1010. The first-order valence-electron chi connectivity index (χ1n) is 8.91. The molecule has 0 N–H and O–H groups in total. The van der Waals surface area contributed by atoms with Crippen LogP contribution in [0.3, 0.4) is 0 Å². The van der Waals surface area contributed by atoms with E-state index < -0.39 is 11.9 Å². The van der Waals surface area contributed by atoms with Gasteiger partial charge in [-0.3, -0.25) is 19.3 Å². The molecule has 3 rings (SSSR count). The second-order valence-electron chi connectivity index (χ2n) is 6.62. The average Bonchev–Trinajstić information content (AvgIpc) is 2.97. The highest BCUT2D eigenvalue weighted by molar-refractivity contribution is 6.22. The van der Waals surface area contributed by atoms with E-state index in [0.29, 0.717) is 17.7 Å². The standard InChI is InChI=1S/C22H20N2O5/c1-4-11-24-20(26)17-10-9-16(12-18(17)21(24)27)19(25)23(2)13-14-5-7-15(8-6-14)22(28)29-3/h4-10,12H,1,11,13H2,2-3H3. The molecule has 148 valence electrons. The highest BCUT2D eigenvalue weighted by atomic mass is 16.5. The number of amides is 3. The van der Waals surface area contributed by atoms with Gasteiger partial charge in [-0.25, -0.2) is 4.79 Å². The maximum Gasteiger partial charge on any atom is 0.337 e. The summed E-state index contributed by atoms with van der Waals surface area (Å²) in [7, 11) is 2.95. The summed E-state index contributed by atoms with van der Waals surface area (Å²) in [6.07, 6.45) is 1.48. The minimum absolute atomic E-state index is 0.122. The fourth-order valence-electron chi connectivity index (χ4n) is 3.15. The molecule has 1 aliphatic rings. The number of ether oxygens (including phenoxy) is 1. The lowest BCUT2D eigenvalue weighted by Gasteiger charge is -2.18. The third-order valence-electron chi connectivity index (χ3n) is 4.67. The summed E-state index contributed by atoms with van der Waals surface area (Å²) in [5, 5.41) is 0. The minimum atomic E-state index is -0.430. The molecule has 0 radical (unpaired) electrons. The van der Waals surface area contributed by atoms with Crippen LogP contribution < -0.4 is 0 Å². The molecule has 0 bridgehead atoms. The number of methoxy groups -OCH3 is 1. The van der Waals surface area contributed by atoms with Crippen LogP contribution in [0.4, 0.5) is 0 Å². The third-order valence-corrected chi connectivity index (χ3v) is 4.67. The first-order valence-corrected chi connectivity index (χ1v) is 8.91. The fraction of sp³-hybridized carbons (Fsp3) is 0.182. The van der Waals surface area contributed by atoms with Crippen molar-refractivity contribution < 1.29 is 23.9 Å². The number of imide groups is 1. The van der Waals surface area contributed by atoms with Crippen molar-refractivity contribution in [1.82, 2.24) is 9.80 Å². The van der Waals surface area contributed by atoms with Gasteiger partial charge in [0.15, 0.2) is 0 Å². The van der Waals surface area contributed by atoms with Crippen LogP contribution in [0.25, 0.3) is 0 Å². The molecule has 0 unspecified atom stereocenters. The molecule has 1 heterocycles. The molecule has 29 heavy (non-hydrogen) atoms. The number of benzene rings is 2. The molecule has 7 nitrogen and oxygen atoms in total. The van der Waals surface area contributed by atoms with Gasteiger partial charge >= 0.3 is 5.97 Å². The van der Waals surface area contributed by atoms with E-state index in [1.54, 1.807) is 37.4 Å². The van der Waals surface area contributed by atoms with Crippen LogP contribution >= 0.6 is 0 Å². The summed E-state index contributed by atoms with van der Waals surface area (Å²) in [6, 6.07) is 11.3. The number of esters is 1. The number of hydrogen-bond acceptors (Lipinski definition) is 5. The Balaban J connectivity index is 1.76. The fourth-order valence-corrected chi connectivity index (χ4v) is 3.15. The Morgan fingerprint density at radius 2 is 1.66 bits per heavy atom. The molecule has 0 saturated carbocycles. The summed E-state index contributed by atoms with van der Waals surface area (Å²) in [4.78, 5) is 51.6. The molecular weight excluding hydrogens is 372 g/mol. The molecule has 2 aromatic carbocycles. The zero-order chi connectivity index (χ0) is 21.1. The van der Waals surface area contributed by atoms with Crippen LogP contribution in [-0.4, -0.2) is 54.2 Å². The van der Waals surface area contributed by atoms with Gasteiger partial charge in [-0.15, -0.1) is 6.58 Å². The maximum atomic E-state index is 12.8. The largest absolute Gasteiger partial charge is 0.465 e. The van der Waals surface area contributed by atoms with E-state index >= 15 is 0 Å². The number of hydrogen-bond donors (Lipinski definition) is 0. The molecule has 0 fully saturated rings. The van der Waals surface area contributed by atoms with Crippen molar-refractivity contribution in [2.75, 3.05) is 20.7 Å². The van der Waals surface area contributed by atoms with Gasteiger partial charge in [0.1, 0.15) is 0 Å². The molecule has 7 heteroatoms. The Hall–Kier alpha value is -3.74. The van der Waals surface area contributed by atoms with Crippen molar-refractivity contribution in [3.05, 3.63) is 82.9 Å². The van der Waals surface area contributed by atoms with Crippen LogP contribution in [0, 0.1) is 0 Å². The number of carbonyl (C=O) groups is 4. The lowest BCUT2D eigenvalue weighted by Crippen LogP contribution is -2.29. The van der Waals surface area contributed by atoms with E-state index in [2.05, 4.69) is 11.3 Å². The summed E-state index contributed by atoms with van der Waals surface area (Å²) in [6.45, 7) is 3.99. The van der Waals surface area contributed by atoms with E-state index in [-0.39, 0.29) is 29.5 Å². The average molecular weight is 392 g/mol. The topological polar surface area (TPSA) is 84.0 Å². The Morgan fingerprint density at radius 1 is 1.03 bits per heavy atom. The molecule has 1 aliphatic heterocycles. The Morgan fingerprint density at radius 3 is 2.28 bits per heavy atom. The van der Waals surface area contributed by atoms with Crippen LogP contribution in [-0.2, 0) is 11.3 Å². The van der Waals surface area contributed by atoms with Crippen LogP contribution in [0.15, 0.2) is 55.1 Å². The van der Waals surface area contributed by atoms with Crippen molar-refractivity contribution in [1.29, 1.82) is 0 Å². The zero-order valence-corrected chi connectivity index (χ0v) is 16.2. The quantitative estimate of drug-likeness (QED) is 0.429. The van der Waals surface area contributed by atoms with Crippen molar-refractivity contribution in [2.45, 2.75) is 6.54 Å². The van der Waals surface area contributed by atoms with Crippen LogP contribution in [0.2, 0.25) is 0 Å². The highest BCUT2D eigenvalue weighted by Crippen LogP contribution is 2.24. The van der Waals surface area contributed by atoms with Crippen LogP contribution in [0.1, 0.15) is 47.0 Å². The van der Waals surface area contributed by atoms with Gasteiger partial charge in [-0.1, -0.05) is 18.2 Å². The normalized spacial score (nSPS) is 12.6. The summed E-state index contributed by atoms with van der Waals surface area (Å²) in [5.74, 6) is -1.53. The van der Waals surface area contributed by atoms with Crippen molar-refractivity contribution in [2.24, 2.45) is 0 Å². The van der Waals surface area contributed by atoms with Gasteiger partial charge in [0.05, 0.1) is 23.8 Å². The van der Waals surface area contributed by atoms with Crippen molar-refractivity contribution in [3.8, 4) is 0 Å². The number of rotatable bonds is 6. The first-order chi connectivity index (χ1) is 13.9. The van der Waals surface area contributed by atoms with Gasteiger partial charge in [-0.05, 0) is 35.9 Å².